The summed E-state index contributed by atoms with van der Waals surface area (Å²) < 4.78 is 5.42. The van der Waals surface area contributed by atoms with Gasteiger partial charge in [0.05, 0.1) is 34.3 Å². The van der Waals surface area contributed by atoms with Crippen molar-refractivity contribution in [3.8, 4) is 10.6 Å². The average Bonchev–Trinajstić information content (AvgIpc) is 3.38. The van der Waals surface area contributed by atoms with Crippen LogP contribution in [0.5, 0.6) is 0 Å². The number of rotatable bonds is 8. The Bertz CT molecular complexity index is 1360. The van der Waals surface area contributed by atoms with E-state index in [4.69, 9.17) is 16.3 Å². The lowest BCUT2D eigenvalue weighted by Crippen LogP contribution is -2.51. The highest BCUT2D eigenvalue weighted by Gasteiger charge is 2.34. The summed E-state index contributed by atoms with van der Waals surface area (Å²) in [6, 6.07) is 8.45. The van der Waals surface area contributed by atoms with Crippen molar-refractivity contribution in [3.63, 3.8) is 0 Å². The van der Waals surface area contributed by atoms with E-state index in [-0.39, 0.29) is 24.5 Å². The predicted octanol–water partition coefficient (Wildman–Crippen LogP) is 3.99. The van der Waals surface area contributed by atoms with Gasteiger partial charge in [-0.25, -0.2) is 9.97 Å². The van der Waals surface area contributed by atoms with Gasteiger partial charge in [0, 0.05) is 37.1 Å². The van der Waals surface area contributed by atoms with Crippen LogP contribution >= 0.6 is 22.9 Å². The third kappa shape index (κ3) is 6.09. The first-order chi connectivity index (χ1) is 18.8. The molecule has 0 spiro atoms. The minimum absolute atomic E-state index is 0.205. The van der Waals surface area contributed by atoms with Gasteiger partial charge >= 0.3 is 0 Å². The Morgan fingerprint density at radius 3 is 2.85 bits per heavy atom. The number of benzene rings is 1. The lowest BCUT2D eigenvalue weighted by molar-refractivity contribution is -0.126. The molecule has 2 aliphatic rings. The number of anilines is 1. The van der Waals surface area contributed by atoms with E-state index in [2.05, 4.69) is 20.6 Å². The molecule has 0 unspecified atom stereocenters. The van der Waals surface area contributed by atoms with E-state index >= 15 is 0 Å². The van der Waals surface area contributed by atoms with Crippen molar-refractivity contribution in [2.75, 3.05) is 31.7 Å². The molecule has 39 heavy (non-hydrogen) atoms. The molecule has 11 heteroatoms. The van der Waals surface area contributed by atoms with Gasteiger partial charge in [-0.15, -0.1) is 11.3 Å². The second-order valence-electron chi connectivity index (χ2n) is 9.95. The average molecular weight is 570 g/mol. The Balaban J connectivity index is 1.30. The normalized spacial score (nSPS) is 17.4. The molecule has 2 aliphatic heterocycles. The zero-order chi connectivity index (χ0) is 27.5. The van der Waals surface area contributed by atoms with E-state index in [1.807, 2.05) is 37.3 Å². The number of fused-ring (bicyclic) bond motifs is 1. The van der Waals surface area contributed by atoms with Crippen molar-refractivity contribution in [1.82, 2.24) is 20.2 Å². The molecular weight excluding hydrogens is 538 g/mol. The summed E-state index contributed by atoms with van der Waals surface area (Å²) in [6.45, 7) is 5.27. The Kier molecular flexibility index (Phi) is 8.46. The van der Waals surface area contributed by atoms with E-state index in [9.17, 15) is 14.7 Å². The number of aliphatic hydroxyl groups excluding tert-OH is 1. The van der Waals surface area contributed by atoms with Crippen LogP contribution in [0.15, 0.2) is 36.5 Å². The molecule has 2 amide bonds. The molecule has 2 aromatic heterocycles. The molecule has 1 saturated heterocycles. The second kappa shape index (κ2) is 12.0. The first-order valence-corrected chi connectivity index (χ1v) is 14.3. The van der Waals surface area contributed by atoms with Crippen molar-refractivity contribution in [2.45, 2.75) is 51.2 Å². The lowest BCUT2D eigenvalue weighted by atomic mass is 10.0. The zero-order valence-electron chi connectivity index (χ0n) is 21.9. The van der Waals surface area contributed by atoms with E-state index < -0.39 is 12.1 Å². The number of aliphatic hydroxyl groups is 1. The molecule has 0 radical (unpaired) electrons. The number of carbonyl (C=O) groups is 2. The van der Waals surface area contributed by atoms with Crippen LogP contribution < -0.4 is 10.6 Å². The smallest absolute Gasteiger partial charge is 0.255 e. The maximum absolute atomic E-state index is 13.5. The molecule has 1 aromatic carbocycles. The zero-order valence-corrected chi connectivity index (χ0v) is 23.5. The highest BCUT2D eigenvalue weighted by Crippen LogP contribution is 2.37. The Morgan fingerprint density at radius 2 is 2.10 bits per heavy atom. The van der Waals surface area contributed by atoms with Gasteiger partial charge in [0.25, 0.3) is 5.91 Å². The number of hydrogen-bond donors (Lipinski definition) is 3. The third-order valence-corrected chi connectivity index (χ3v) is 8.68. The number of aromatic nitrogens is 2. The molecular formula is C28H32ClN5O4S. The minimum Gasteiger partial charge on any atom is -0.394 e. The predicted molar refractivity (Wildman–Crippen MR) is 151 cm³/mol. The van der Waals surface area contributed by atoms with E-state index in [0.717, 1.165) is 33.7 Å². The minimum atomic E-state index is -0.703. The molecule has 1 fully saturated rings. The van der Waals surface area contributed by atoms with E-state index in [1.54, 1.807) is 18.0 Å². The van der Waals surface area contributed by atoms with Crippen LogP contribution in [0.4, 0.5) is 5.95 Å². The summed E-state index contributed by atoms with van der Waals surface area (Å²) in [5.74, 6) is -0.0216. The number of aryl methyl sites for hydroxylation is 1. The maximum Gasteiger partial charge on any atom is 0.255 e. The SMILES string of the molecule is Cc1cccc([C@@H](CO)NC(=O)[C@H](C)N2CCc3sc(-c4nc(NC5CCOCC5)ncc4Cl)cc3C2=O)c1. The largest absolute Gasteiger partial charge is 0.394 e. The fourth-order valence-corrected chi connectivity index (χ4v) is 6.34. The molecule has 9 nitrogen and oxygen atoms in total. The fourth-order valence-electron chi connectivity index (χ4n) is 4.95. The molecule has 3 aromatic rings. The number of nitrogens with one attached hydrogen (secondary N) is 2. The summed E-state index contributed by atoms with van der Waals surface area (Å²) in [6.07, 6.45) is 3.97. The Morgan fingerprint density at radius 1 is 1.31 bits per heavy atom. The lowest BCUT2D eigenvalue weighted by Gasteiger charge is -2.32. The van der Waals surface area contributed by atoms with Crippen LogP contribution in [-0.4, -0.2) is 70.2 Å². The number of carbonyl (C=O) groups excluding carboxylic acids is 2. The first-order valence-electron chi connectivity index (χ1n) is 13.1. The number of amides is 2. The van der Waals surface area contributed by atoms with Crippen LogP contribution in [0.1, 0.15) is 52.2 Å². The standard InChI is InChI=1S/C28H32ClN5O4S/c1-16-4-3-5-18(12-16)22(15-35)32-26(36)17(2)34-9-6-23-20(27(34)37)13-24(39-23)25-21(29)14-30-28(33-25)31-19-7-10-38-11-8-19/h3-5,12-14,17,19,22,35H,6-11,15H2,1-2H3,(H,32,36)(H,30,31,33)/t17-,22+/m0/s1. The maximum atomic E-state index is 13.5. The van der Waals surface area contributed by atoms with Gasteiger partial charge in [-0.05, 0) is 38.3 Å². The van der Waals surface area contributed by atoms with Gasteiger partial charge in [0.1, 0.15) is 11.7 Å². The van der Waals surface area contributed by atoms with Gasteiger partial charge in [0.15, 0.2) is 0 Å². The van der Waals surface area contributed by atoms with Gasteiger partial charge in [-0.2, -0.15) is 0 Å². The van der Waals surface area contributed by atoms with Crippen molar-refractivity contribution >= 4 is 40.7 Å². The van der Waals surface area contributed by atoms with Crippen LogP contribution in [0.2, 0.25) is 5.02 Å². The van der Waals surface area contributed by atoms with Gasteiger partial charge < -0.3 is 25.4 Å². The van der Waals surface area contributed by atoms with Crippen molar-refractivity contribution in [1.29, 1.82) is 0 Å². The fraction of sp³-hybridized carbons (Fsp3) is 0.429. The molecule has 3 N–H and O–H groups in total. The highest BCUT2D eigenvalue weighted by atomic mass is 35.5. The number of ether oxygens (including phenoxy) is 1. The van der Waals surface area contributed by atoms with Crippen molar-refractivity contribution < 1.29 is 19.4 Å². The first kappa shape index (κ1) is 27.5. The van der Waals surface area contributed by atoms with Crippen LogP contribution in [-0.2, 0) is 16.0 Å². The van der Waals surface area contributed by atoms with Gasteiger partial charge in [-0.1, -0.05) is 41.4 Å². The molecule has 4 heterocycles. The molecule has 2 atom stereocenters. The number of thiophene rings is 1. The number of nitrogens with zero attached hydrogens (tertiary/aromatic N) is 3. The van der Waals surface area contributed by atoms with Crippen molar-refractivity contribution in [2.24, 2.45) is 0 Å². The highest BCUT2D eigenvalue weighted by molar-refractivity contribution is 7.16. The van der Waals surface area contributed by atoms with Crippen LogP contribution in [0.3, 0.4) is 0 Å². The van der Waals surface area contributed by atoms with E-state index in [0.29, 0.717) is 48.4 Å². The Labute approximate surface area is 236 Å². The second-order valence-corrected chi connectivity index (χ2v) is 11.5. The quantitative estimate of drug-likeness (QED) is 0.375. The molecule has 5 rings (SSSR count). The third-order valence-electron chi connectivity index (χ3n) is 7.20. The topological polar surface area (TPSA) is 117 Å². The summed E-state index contributed by atoms with van der Waals surface area (Å²) in [7, 11) is 0. The summed E-state index contributed by atoms with van der Waals surface area (Å²) in [4.78, 5) is 39.0. The summed E-state index contributed by atoms with van der Waals surface area (Å²) >= 11 is 7.97. The number of hydrogen-bond acceptors (Lipinski definition) is 8. The summed E-state index contributed by atoms with van der Waals surface area (Å²) in [5.41, 5.74) is 3.00. The molecule has 206 valence electrons. The Hall–Kier alpha value is -3.05. The monoisotopic (exact) mass is 569 g/mol. The summed E-state index contributed by atoms with van der Waals surface area (Å²) in [5, 5.41) is 16.6. The van der Waals surface area contributed by atoms with E-state index in [1.165, 1.54) is 11.3 Å². The molecule has 0 aliphatic carbocycles. The van der Waals surface area contributed by atoms with Crippen LogP contribution in [0, 0.1) is 6.92 Å². The van der Waals surface area contributed by atoms with Crippen LogP contribution in [0.25, 0.3) is 10.6 Å². The number of halogens is 1. The van der Waals surface area contributed by atoms with Crippen molar-refractivity contribution in [3.05, 3.63) is 63.1 Å². The van der Waals surface area contributed by atoms with Gasteiger partial charge in [-0.3, -0.25) is 9.59 Å². The molecule has 0 bridgehead atoms. The van der Waals surface area contributed by atoms with Gasteiger partial charge in [0.2, 0.25) is 11.9 Å². The molecule has 0 saturated carbocycles.